The van der Waals surface area contributed by atoms with E-state index in [1.54, 1.807) is 6.07 Å². The van der Waals surface area contributed by atoms with Gasteiger partial charge in [0.15, 0.2) is 0 Å². The second kappa shape index (κ2) is 6.07. The molecule has 0 aromatic heterocycles. The first-order valence-corrected chi connectivity index (χ1v) is 6.34. The van der Waals surface area contributed by atoms with Crippen molar-refractivity contribution in [3.8, 4) is 0 Å². The van der Waals surface area contributed by atoms with Crippen LogP contribution in [0.3, 0.4) is 0 Å². The highest BCUT2D eigenvalue weighted by Crippen LogP contribution is 2.27. The Bertz CT molecular complexity index is 665. The predicted octanol–water partition coefficient (Wildman–Crippen LogP) is 4.65. The van der Waals surface area contributed by atoms with Crippen molar-refractivity contribution in [1.29, 1.82) is 0 Å². The van der Waals surface area contributed by atoms with Crippen LogP contribution in [0.4, 0.5) is 15.8 Å². The van der Waals surface area contributed by atoms with Gasteiger partial charge in [-0.2, -0.15) is 0 Å². The normalized spacial score (nSPS) is 10.3. The summed E-state index contributed by atoms with van der Waals surface area (Å²) in [6, 6.07) is 8.50. The van der Waals surface area contributed by atoms with Gasteiger partial charge in [0.25, 0.3) is 5.69 Å². The molecular weight excluding hydrogens is 306 g/mol. The quantitative estimate of drug-likeness (QED) is 0.660. The van der Waals surface area contributed by atoms with Crippen molar-refractivity contribution in [1.82, 2.24) is 0 Å². The second-order valence-corrected chi connectivity index (χ2v) is 4.86. The van der Waals surface area contributed by atoms with Gasteiger partial charge in [-0.05, 0) is 30.3 Å². The number of nitro groups is 1. The smallest absolute Gasteiger partial charge is 0.289 e. The Kier molecular flexibility index (Phi) is 4.42. The lowest BCUT2D eigenvalue weighted by molar-refractivity contribution is -0.384. The van der Waals surface area contributed by atoms with Gasteiger partial charge in [-0.3, -0.25) is 10.1 Å². The number of hydrogen-bond acceptors (Lipinski definition) is 3. The van der Waals surface area contributed by atoms with Gasteiger partial charge >= 0.3 is 0 Å². The van der Waals surface area contributed by atoms with E-state index < -0.39 is 10.7 Å². The van der Waals surface area contributed by atoms with Gasteiger partial charge < -0.3 is 5.32 Å². The standard InChI is InChI=1S/C13H9Cl2FN2O2/c14-9-1-4-12(16)8(5-9)7-17-10-2-3-11(15)13(6-10)18(19)20/h1-6,17H,7H2. The van der Waals surface area contributed by atoms with Crippen LogP contribution < -0.4 is 5.32 Å². The molecule has 2 aromatic carbocycles. The van der Waals surface area contributed by atoms with Crippen LogP contribution in [-0.4, -0.2) is 4.92 Å². The number of nitro benzene ring substituents is 1. The molecule has 0 saturated carbocycles. The van der Waals surface area contributed by atoms with E-state index in [0.717, 1.165) is 0 Å². The molecule has 0 amide bonds. The molecule has 4 nitrogen and oxygen atoms in total. The Balaban J connectivity index is 2.17. The van der Waals surface area contributed by atoms with E-state index in [4.69, 9.17) is 23.2 Å². The molecule has 0 fully saturated rings. The minimum atomic E-state index is -0.576. The van der Waals surface area contributed by atoms with Crippen LogP contribution >= 0.6 is 23.2 Å². The first-order valence-electron chi connectivity index (χ1n) is 5.59. The van der Waals surface area contributed by atoms with Crippen molar-refractivity contribution in [2.24, 2.45) is 0 Å². The van der Waals surface area contributed by atoms with Crippen molar-refractivity contribution in [3.63, 3.8) is 0 Å². The maximum absolute atomic E-state index is 13.5. The van der Waals surface area contributed by atoms with E-state index >= 15 is 0 Å². The SMILES string of the molecule is O=[N+]([O-])c1cc(NCc2cc(Cl)ccc2F)ccc1Cl. The van der Waals surface area contributed by atoms with Crippen molar-refractivity contribution < 1.29 is 9.31 Å². The zero-order valence-electron chi connectivity index (χ0n) is 10.1. The summed E-state index contributed by atoms with van der Waals surface area (Å²) in [4.78, 5) is 10.2. The highest BCUT2D eigenvalue weighted by Gasteiger charge is 2.12. The van der Waals surface area contributed by atoms with Gasteiger partial charge in [-0.1, -0.05) is 23.2 Å². The largest absolute Gasteiger partial charge is 0.381 e. The van der Waals surface area contributed by atoms with Gasteiger partial charge in [0.1, 0.15) is 10.8 Å². The van der Waals surface area contributed by atoms with E-state index in [9.17, 15) is 14.5 Å². The molecule has 0 heterocycles. The molecule has 0 spiro atoms. The molecule has 0 atom stereocenters. The van der Waals surface area contributed by atoms with E-state index in [1.165, 1.54) is 30.3 Å². The zero-order chi connectivity index (χ0) is 14.7. The first-order chi connectivity index (χ1) is 9.47. The number of halogens is 3. The fourth-order valence-corrected chi connectivity index (χ4v) is 2.02. The van der Waals surface area contributed by atoms with Crippen molar-refractivity contribution in [3.05, 3.63) is 67.9 Å². The average Bonchev–Trinajstić information content (AvgIpc) is 2.41. The molecule has 20 heavy (non-hydrogen) atoms. The highest BCUT2D eigenvalue weighted by atomic mass is 35.5. The number of nitrogens with one attached hydrogen (secondary N) is 1. The Labute approximate surface area is 124 Å². The minimum absolute atomic E-state index is 0.0505. The molecule has 0 aliphatic carbocycles. The molecule has 2 aromatic rings. The van der Waals surface area contributed by atoms with E-state index in [1.807, 2.05) is 0 Å². The third kappa shape index (κ3) is 3.37. The lowest BCUT2D eigenvalue weighted by Crippen LogP contribution is -2.02. The molecule has 0 unspecified atom stereocenters. The third-order valence-electron chi connectivity index (χ3n) is 2.63. The molecule has 0 aliphatic heterocycles. The van der Waals surface area contributed by atoms with Gasteiger partial charge in [-0.15, -0.1) is 0 Å². The van der Waals surface area contributed by atoms with Crippen LogP contribution in [0, 0.1) is 15.9 Å². The molecule has 1 N–H and O–H groups in total. The molecule has 104 valence electrons. The third-order valence-corrected chi connectivity index (χ3v) is 3.19. The minimum Gasteiger partial charge on any atom is -0.381 e. The predicted molar refractivity (Wildman–Crippen MR) is 76.8 cm³/mol. The van der Waals surface area contributed by atoms with Gasteiger partial charge in [0.2, 0.25) is 0 Å². The number of anilines is 1. The summed E-state index contributed by atoms with van der Waals surface area (Å²) in [7, 11) is 0. The molecular formula is C13H9Cl2FN2O2. The average molecular weight is 315 g/mol. The van der Waals surface area contributed by atoms with E-state index in [2.05, 4.69) is 5.32 Å². The molecule has 0 aliphatic rings. The van der Waals surface area contributed by atoms with Gasteiger partial charge in [0, 0.05) is 28.9 Å². The number of rotatable bonds is 4. The van der Waals surface area contributed by atoms with Crippen LogP contribution in [0.1, 0.15) is 5.56 Å². The lowest BCUT2D eigenvalue weighted by atomic mass is 10.2. The van der Waals surface area contributed by atoms with Gasteiger partial charge in [0.05, 0.1) is 4.92 Å². The molecule has 2 rings (SSSR count). The molecule has 0 saturated heterocycles. The number of nitrogens with zero attached hydrogens (tertiary/aromatic N) is 1. The van der Waals surface area contributed by atoms with E-state index in [-0.39, 0.29) is 17.3 Å². The second-order valence-electron chi connectivity index (χ2n) is 4.01. The highest BCUT2D eigenvalue weighted by molar-refractivity contribution is 6.32. The van der Waals surface area contributed by atoms with Crippen molar-refractivity contribution >= 4 is 34.6 Å². The molecule has 0 radical (unpaired) electrons. The summed E-state index contributed by atoms with van der Waals surface area (Å²) in [5.74, 6) is -0.398. The topological polar surface area (TPSA) is 55.2 Å². The summed E-state index contributed by atoms with van der Waals surface area (Å²) < 4.78 is 13.5. The van der Waals surface area contributed by atoms with Crippen molar-refractivity contribution in [2.45, 2.75) is 6.54 Å². The lowest BCUT2D eigenvalue weighted by Gasteiger charge is -2.08. The monoisotopic (exact) mass is 314 g/mol. The van der Waals surface area contributed by atoms with Crippen LogP contribution in [0.15, 0.2) is 36.4 Å². The van der Waals surface area contributed by atoms with Crippen molar-refractivity contribution in [2.75, 3.05) is 5.32 Å². The summed E-state index contributed by atoms with van der Waals surface area (Å²) in [6.45, 7) is 0.158. The fraction of sp³-hybridized carbons (Fsp3) is 0.0769. The summed E-state index contributed by atoms with van der Waals surface area (Å²) in [5.41, 5.74) is 0.638. The van der Waals surface area contributed by atoms with Crippen LogP contribution in [0.25, 0.3) is 0 Å². The fourth-order valence-electron chi connectivity index (χ4n) is 1.64. The molecule has 0 bridgehead atoms. The van der Waals surface area contributed by atoms with Gasteiger partial charge in [-0.25, -0.2) is 4.39 Å². The zero-order valence-corrected chi connectivity index (χ0v) is 11.6. The maximum Gasteiger partial charge on any atom is 0.289 e. The van der Waals surface area contributed by atoms with Crippen LogP contribution in [0.5, 0.6) is 0 Å². The van der Waals surface area contributed by atoms with E-state index in [0.29, 0.717) is 16.3 Å². The summed E-state index contributed by atoms with van der Waals surface area (Å²) in [6.07, 6.45) is 0. The van der Waals surface area contributed by atoms with Crippen LogP contribution in [0.2, 0.25) is 10.0 Å². The first kappa shape index (κ1) is 14.6. The Morgan fingerprint density at radius 1 is 1.20 bits per heavy atom. The summed E-state index contributed by atoms with van der Waals surface area (Å²) >= 11 is 11.5. The molecule has 7 heteroatoms. The Hall–Kier alpha value is -1.85. The summed E-state index contributed by atoms with van der Waals surface area (Å²) in [5, 5.41) is 14.1. The Morgan fingerprint density at radius 2 is 1.95 bits per heavy atom. The van der Waals surface area contributed by atoms with Crippen LogP contribution in [-0.2, 0) is 6.54 Å². The maximum atomic E-state index is 13.5. The number of hydrogen-bond donors (Lipinski definition) is 1. The number of benzene rings is 2. The Morgan fingerprint density at radius 3 is 2.65 bits per heavy atom.